The normalized spacial score (nSPS) is 26.8. The van der Waals surface area contributed by atoms with Crippen LogP contribution in [-0.4, -0.2) is 36.1 Å². The molecule has 1 aliphatic rings. The predicted molar refractivity (Wildman–Crippen MR) is 32.8 cm³/mol. The molecular weight excluding hydrogens is 118 g/mol. The number of carbonyl (C=O) groups excluding carboxylic acids is 1. The van der Waals surface area contributed by atoms with E-state index in [0.717, 1.165) is 25.9 Å². The first kappa shape index (κ1) is 6.55. The maximum atomic E-state index is 10.1. The smallest absolute Gasteiger partial charge is 0.209 e. The van der Waals surface area contributed by atoms with Crippen LogP contribution in [0.3, 0.4) is 0 Å². The van der Waals surface area contributed by atoms with E-state index in [0.29, 0.717) is 5.92 Å². The lowest BCUT2D eigenvalue weighted by atomic mass is 10.1. The SMILES string of the molecule is O=CN1CCC(CO)C1. The molecule has 1 heterocycles. The molecule has 0 aromatic heterocycles. The summed E-state index contributed by atoms with van der Waals surface area (Å²) in [7, 11) is 0. The molecule has 3 heteroatoms. The number of carbonyl (C=O) groups is 1. The van der Waals surface area contributed by atoms with Gasteiger partial charge in [0.1, 0.15) is 0 Å². The van der Waals surface area contributed by atoms with Crippen LogP contribution < -0.4 is 0 Å². The van der Waals surface area contributed by atoms with Crippen molar-refractivity contribution in [2.45, 2.75) is 6.42 Å². The summed E-state index contributed by atoms with van der Waals surface area (Å²) in [6, 6.07) is 0. The molecule has 1 atom stereocenters. The quantitative estimate of drug-likeness (QED) is 0.508. The molecule has 0 aliphatic carbocycles. The molecule has 1 fully saturated rings. The van der Waals surface area contributed by atoms with Crippen LogP contribution in [0.4, 0.5) is 0 Å². The van der Waals surface area contributed by atoms with E-state index in [1.165, 1.54) is 0 Å². The Hall–Kier alpha value is -0.570. The van der Waals surface area contributed by atoms with E-state index in [9.17, 15) is 4.79 Å². The van der Waals surface area contributed by atoms with Crippen LogP contribution in [-0.2, 0) is 4.79 Å². The molecule has 0 bridgehead atoms. The highest BCUT2D eigenvalue weighted by Crippen LogP contribution is 2.12. The molecule has 52 valence electrons. The van der Waals surface area contributed by atoms with Crippen LogP contribution >= 0.6 is 0 Å². The average molecular weight is 129 g/mol. The Morgan fingerprint density at radius 1 is 1.78 bits per heavy atom. The van der Waals surface area contributed by atoms with Crippen LogP contribution in [0.15, 0.2) is 0 Å². The van der Waals surface area contributed by atoms with Gasteiger partial charge in [0.2, 0.25) is 6.41 Å². The Balaban J connectivity index is 2.28. The van der Waals surface area contributed by atoms with Crippen LogP contribution in [0, 0.1) is 5.92 Å². The molecule has 1 unspecified atom stereocenters. The van der Waals surface area contributed by atoms with E-state index in [4.69, 9.17) is 5.11 Å². The fourth-order valence-corrected chi connectivity index (χ4v) is 1.11. The van der Waals surface area contributed by atoms with Crippen molar-refractivity contribution < 1.29 is 9.90 Å². The van der Waals surface area contributed by atoms with Gasteiger partial charge in [0.05, 0.1) is 0 Å². The summed E-state index contributed by atoms with van der Waals surface area (Å²) >= 11 is 0. The predicted octanol–water partition coefficient (Wildman–Crippen LogP) is -0.543. The summed E-state index contributed by atoms with van der Waals surface area (Å²) in [5.41, 5.74) is 0. The minimum atomic E-state index is 0.213. The molecule has 1 N–H and O–H groups in total. The first-order valence-corrected chi connectivity index (χ1v) is 3.17. The summed E-state index contributed by atoms with van der Waals surface area (Å²) in [6.07, 6.45) is 1.80. The van der Waals surface area contributed by atoms with Gasteiger partial charge < -0.3 is 10.0 Å². The average Bonchev–Trinajstić information content (AvgIpc) is 2.34. The monoisotopic (exact) mass is 129 g/mol. The topological polar surface area (TPSA) is 40.5 Å². The van der Waals surface area contributed by atoms with Crippen molar-refractivity contribution in [2.24, 2.45) is 5.92 Å². The lowest BCUT2D eigenvalue weighted by molar-refractivity contribution is -0.117. The second-order valence-corrected chi connectivity index (χ2v) is 2.44. The van der Waals surface area contributed by atoms with Crippen LogP contribution in [0.5, 0.6) is 0 Å². The number of aliphatic hydroxyl groups is 1. The molecule has 1 saturated heterocycles. The number of likely N-dealkylation sites (tertiary alicyclic amines) is 1. The van der Waals surface area contributed by atoms with E-state index < -0.39 is 0 Å². The summed E-state index contributed by atoms with van der Waals surface area (Å²) < 4.78 is 0. The van der Waals surface area contributed by atoms with E-state index in [1.807, 2.05) is 0 Å². The van der Waals surface area contributed by atoms with Crippen molar-refractivity contribution >= 4 is 6.41 Å². The Bertz CT molecular complexity index is 105. The Morgan fingerprint density at radius 3 is 2.89 bits per heavy atom. The van der Waals surface area contributed by atoms with E-state index in [1.54, 1.807) is 4.90 Å². The van der Waals surface area contributed by atoms with Crippen LogP contribution in [0.1, 0.15) is 6.42 Å². The van der Waals surface area contributed by atoms with Crippen molar-refractivity contribution in [1.82, 2.24) is 4.90 Å². The third-order valence-corrected chi connectivity index (χ3v) is 1.72. The summed E-state index contributed by atoms with van der Waals surface area (Å²) in [6.45, 7) is 1.76. The Labute approximate surface area is 54.3 Å². The first-order chi connectivity index (χ1) is 4.36. The largest absolute Gasteiger partial charge is 0.396 e. The van der Waals surface area contributed by atoms with Crippen molar-refractivity contribution in [3.63, 3.8) is 0 Å². The standard InChI is InChI=1S/C6H11NO2/c8-4-6-1-2-7(3-6)5-9/h5-6,8H,1-4H2. The molecule has 0 aromatic rings. The molecule has 1 aliphatic heterocycles. The molecule has 3 nitrogen and oxygen atoms in total. The molecule has 9 heavy (non-hydrogen) atoms. The van der Waals surface area contributed by atoms with Crippen LogP contribution in [0.25, 0.3) is 0 Å². The minimum Gasteiger partial charge on any atom is -0.396 e. The highest BCUT2D eigenvalue weighted by Gasteiger charge is 2.19. The van der Waals surface area contributed by atoms with E-state index in [2.05, 4.69) is 0 Å². The fraction of sp³-hybridized carbons (Fsp3) is 0.833. The molecule has 0 saturated carbocycles. The Kier molecular flexibility index (Phi) is 2.05. The van der Waals surface area contributed by atoms with Gasteiger partial charge in [-0.2, -0.15) is 0 Å². The van der Waals surface area contributed by atoms with Gasteiger partial charge in [-0.05, 0) is 6.42 Å². The maximum Gasteiger partial charge on any atom is 0.209 e. The van der Waals surface area contributed by atoms with Gasteiger partial charge in [0.25, 0.3) is 0 Å². The summed E-state index contributed by atoms with van der Waals surface area (Å²) in [5, 5.41) is 8.64. The summed E-state index contributed by atoms with van der Waals surface area (Å²) in [5.74, 6) is 0.329. The second kappa shape index (κ2) is 2.82. The van der Waals surface area contributed by atoms with Crippen molar-refractivity contribution in [3.8, 4) is 0 Å². The Morgan fingerprint density at radius 2 is 2.56 bits per heavy atom. The van der Waals surface area contributed by atoms with Crippen molar-refractivity contribution in [1.29, 1.82) is 0 Å². The molecule has 1 amide bonds. The summed E-state index contributed by atoms with van der Waals surface area (Å²) in [4.78, 5) is 11.8. The number of hydrogen-bond donors (Lipinski definition) is 1. The zero-order valence-electron chi connectivity index (χ0n) is 5.29. The molecule has 0 spiro atoms. The number of aliphatic hydroxyl groups excluding tert-OH is 1. The number of nitrogens with zero attached hydrogens (tertiary/aromatic N) is 1. The van der Waals surface area contributed by atoms with Gasteiger partial charge in [-0.15, -0.1) is 0 Å². The highest BCUT2D eigenvalue weighted by molar-refractivity contribution is 5.47. The van der Waals surface area contributed by atoms with Gasteiger partial charge in [-0.25, -0.2) is 0 Å². The van der Waals surface area contributed by atoms with Gasteiger partial charge in [0.15, 0.2) is 0 Å². The highest BCUT2D eigenvalue weighted by atomic mass is 16.3. The van der Waals surface area contributed by atoms with Gasteiger partial charge in [-0.3, -0.25) is 4.79 Å². The second-order valence-electron chi connectivity index (χ2n) is 2.44. The van der Waals surface area contributed by atoms with Crippen molar-refractivity contribution in [3.05, 3.63) is 0 Å². The van der Waals surface area contributed by atoms with Gasteiger partial charge >= 0.3 is 0 Å². The maximum absolute atomic E-state index is 10.1. The number of rotatable bonds is 2. The zero-order valence-corrected chi connectivity index (χ0v) is 5.29. The third kappa shape index (κ3) is 1.42. The van der Waals surface area contributed by atoms with Crippen molar-refractivity contribution in [2.75, 3.05) is 19.7 Å². The molecule has 1 rings (SSSR count). The third-order valence-electron chi connectivity index (χ3n) is 1.72. The van der Waals surface area contributed by atoms with Gasteiger partial charge in [0, 0.05) is 25.6 Å². The first-order valence-electron chi connectivity index (χ1n) is 3.17. The lowest BCUT2D eigenvalue weighted by Gasteiger charge is -2.06. The molecular formula is C6H11NO2. The van der Waals surface area contributed by atoms with E-state index in [-0.39, 0.29) is 6.61 Å². The van der Waals surface area contributed by atoms with Gasteiger partial charge in [-0.1, -0.05) is 0 Å². The van der Waals surface area contributed by atoms with Crippen LogP contribution in [0.2, 0.25) is 0 Å². The zero-order chi connectivity index (χ0) is 6.69. The fourth-order valence-electron chi connectivity index (χ4n) is 1.11. The number of hydrogen-bond acceptors (Lipinski definition) is 2. The molecule has 0 aromatic carbocycles. The molecule has 0 radical (unpaired) electrons. The lowest BCUT2D eigenvalue weighted by Crippen LogP contribution is -2.18. The minimum absolute atomic E-state index is 0.213. The number of amides is 1. The van der Waals surface area contributed by atoms with E-state index >= 15 is 0 Å².